The SMILES string of the molecule is C[C@H]1CC(=O)O[C@H]1c1cc2ccccc2o1. The van der Waals surface area contributed by atoms with Gasteiger partial charge in [-0.1, -0.05) is 25.1 Å². The fourth-order valence-corrected chi connectivity index (χ4v) is 2.16. The van der Waals surface area contributed by atoms with E-state index in [1.807, 2.05) is 37.3 Å². The first-order valence-corrected chi connectivity index (χ1v) is 5.42. The van der Waals surface area contributed by atoms with Gasteiger partial charge in [0, 0.05) is 11.3 Å². The third-order valence-electron chi connectivity index (χ3n) is 2.99. The molecule has 3 rings (SSSR count). The van der Waals surface area contributed by atoms with Gasteiger partial charge in [-0.25, -0.2) is 0 Å². The summed E-state index contributed by atoms with van der Waals surface area (Å²) in [6.45, 7) is 2.00. The molecule has 0 N–H and O–H groups in total. The molecule has 16 heavy (non-hydrogen) atoms. The van der Waals surface area contributed by atoms with Crippen molar-refractivity contribution in [3.05, 3.63) is 36.1 Å². The largest absolute Gasteiger partial charge is 0.457 e. The number of ether oxygens (including phenoxy) is 1. The molecule has 1 aliphatic rings. The molecule has 0 aliphatic carbocycles. The van der Waals surface area contributed by atoms with Crippen LogP contribution >= 0.6 is 0 Å². The number of cyclic esters (lactones) is 1. The Morgan fingerprint density at radius 3 is 2.81 bits per heavy atom. The van der Waals surface area contributed by atoms with Crippen molar-refractivity contribution in [2.75, 3.05) is 0 Å². The molecule has 1 saturated heterocycles. The number of fused-ring (bicyclic) bond motifs is 1. The summed E-state index contributed by atoms with van der Waals surface area (Å²) in [5.41, 5.74) is 0.840. The molecule has 1 fully saturated rings. The Balaban J connectivity index is 2.03. The summed E-state index contributed by atoms with van der Waals surface area (Å²) in [4.78, 5) is 11.2. The van der Waals surface area contributed by atoms with E-state index in [4.69, 9.17) is 9.15 Å². The van der Waals surface area contributed by atoms with Crippen molar-refractivity contribution >= 4 is 16.9 Å². The molecule has 0 amide bonds. The predicted octanol–water partition coefficient (Wildman–Crippen LogP) is 3.06. The van der Waals surface area contributed by atoms with Gasteiger partial charge in [-0.15, -0.1) is 0 Å². The summed E-state index contributed by atoms with van der Waals surface area (Å²) in [6.07, 6.45) is 0.252. The zero-order chi connectivity index (χ0) is 11.1. The van der Waals surface area contributed by atoms with Crippen LogP contribution < -0.4 is 0 Å². The number of benzene rings is 1. The maximum atomic E-state index is 11.2. The van der Waals surface area contributed by atoms with Gasteiger partial charge in [0.25, 0.3) is 0 Å². The van der Waals surface area contributed by atoms with E-state index in [1.54, 1.807) is 0 Å². The minimum atomic E-state index is -0.222. The molecular weight excluding hydrogens is 204 g/mol. The van der Waals surface area contributed by atoms with Crippen LogP contribution in [0.3, 0.4) is 0 Å². The normalized spacial score (nSPS) is 24.9. The first kappa shape index (κ1) is 9.46. The van der Waals surface area contributed by atoms with Crippen LogP contribution in [0.2, 0.25) is 0 Å². The van der Waals surface area contributed by atoms with E-state index < -0.39 is 0 Å². The lowest BCUT2D eigenvalue weighted by Gasteiger charge is -2.09. The highest BCUT2D eigenvalue weighted by Crippen LogP contribution is 2.37. The fraction of sp³-hybridized carbons (Fsp3) is 0.308. The molecule has 0 saturated carbocycles. The van der Waals surface area contributed by atoms with Gasteiger partial charge in [-0.05, 0) is 12.1 Å². The zero-order valence-electron chi connectivity index (χ0n) is 8.97. The second-order valence-corrected chi connectivity index (χ2v) is 4.28. The maximum absolute atomic E-state index is 11.2. The van der Waals surface area contributed by atoms with E-state index in [0.717, 1.165) is 16.7 Å². The van der Waals surface area contributed by atoms with Gasteiger partial charge in [-0.3, -0.25) is 4.79 Å². The van der Waals surface area contributed by atoms with Crippen LogP contribution in [0.4, 0.5) is 0 Å². The first-order chi connectivity index (χ1) is 7.74. The third-order valence-corrected chi connectivity index (χ3v) is 2.99. The molecule has 0 unspecified atom stereocenters. The number of carbonyl (C=O) groups is 1. The lowest BCUT2D eigenvalue weighted by molar-refractivity contribution is -0.142. The van der Waals surface area contributed by atoms with E-state index >= 15 is 0 Å². The number of hydrogen-bond acceptors (Lipinski definition) is 3. The molecule has 0 bridgehead atoms. The van der Waals surface area contributed by atoms with Crippen molar-refractivity contribution < 1.29 is 13.9 Å². The van der Waals surface area contributed by atoms with Gasteiger partial charge in [0.05, 0.1) is 6.42 Å². The Bertz CT molecular complexity index is 508. The summed E-state index contributed by atoms with van der Waals surface area (Å²) >= 11 is 0. The Labute approximate surface area is 93.0 Å². The van der Waals surface area contributed by atoms with E-state index in [1.165, 1.54) is 0 Å². The highest BCUT2D eigenvalue weighted by atomic mass is 16.6. The molecule has 0 radical (unpaired) electrons. The summed E-state index contributed by atoms with van der Waals surface area (Å²) in [5, 5.41) is 1.05. The van der Waals surface area contributed by atoms with Crippen molar-refractivity contribution in [3.8, 4) is 0 Å². The van der Waals surface area contributed by atoms with Crippen LogP contribution in [-0.2, 0) is 9.53 Å². The van der Waals surface area contributed by atoms with E-state index in [0.29, 0.717) is 6.42 Å². The van der Waals surface area contributed by atoms with Gasteiger partial charge >= 0.3 is 5.97 Å². The number of carbonyl (C=O) groups excluding carboxylic acids is 1. The smallest absolute Gasteiger partial charge is 0.306 e. The standard InChI is InChI=1S/C13H12O3/c1-8-6-12(14)16-13(8)11-7-9-4-2-3-5-10(9)15-11/h2-5,7-8,13H,6H2,1H3/t8-,13+/m0/s1. The molecule has 1 aliphatic heterocycles. The van der Waals surface area contributed by atoms with Gasteiger partial charge in [0.2, 0.25) is 0 Å². The molecule has 82 valence electrons. The van der Waals surface area contributed by atoms with Crippen molar-refractivity contribution in [1.29, 1.82) is 0 Å². The highest BCUT2D eigenvalue weighted by molar-refractivity contribution is 5.78. The Morgan fingerprint density at radius 2 is 2.12 bits per heavy atom. The summed E-state index contributed by atoms with van der Waals surface area (Å²) in [5.74, 6) is 0.797. The minimum Gasteiger partial charge on any atom is -0.457 e. The third kappa shape index (κ3) is 1.40. The Kier molecular flexibility index (Phi) is 1.99. The molecule has 1 aromatic heterocycles. The lowest BCUT2D eigenvalue weighted by atomic mass is 10.0. The highest BCUT2D eigenvalue weighted by Gasteiger charge is 2.34. The molecule has 2 atom stereocenters. The Hall–Kier alpha value is -1.77. The molecule has 3 heteroatoms. The van der Waals surface area contributed by atoms with Gasteiger partial charge in [0.1, 0.15) is 11.3 Å². The van der Waals surface area contributed by atoms with Crippen LogP contribution in [0.5, 0.6) is 0 Å². The summed E-state index contributed by atoms with van der Waals surface area (Å²) in [6, 6.07) is 9.75. The average molecular weight is 216 g/mol. The second-order valence-electron chi connectivity index (χ2n) is 4.28. The predicted molar refractivity (Wildman–Crippen MR) is 58.8 cm³/mol. The van der Waals surface area contributed by atoms with Crippen LogP contribution in [0.1, 0.15) is 25.2 Å². The number of esters is 1. The first-order valence-electron chi connectivity index (χ1n) is 5.42. The summed E-state index contributed by atoms with van der Waals surface area (Å²) < 4.78 is 10.9. The van der Waals surface area contributed by atoms with Crippen molar-refractivity contribution in [2.24, 2.45) is 5.92 Å². The van der Waals surface area contributed by atoms with Crippen molar-refractivity contribution in [2.45, 2.75) is 19.4 Å². The van der Waals surface area contributed by atoms with Crippen molar-refractivity contribution in [3.63, 3.8) is 0 Å². The van der Waals surface area contributed by atoms with Gasteiger partial charge < -0.3 is 9.15 Å². The maximum Gasteiger partial charge on any atom is 0.306 e. The quantitative estimate of drug-likeness (QED) is 0.688. The molecule has 3 nitrogen and oxygen atoms in total. The minimum absolute atomic E-state index is 0.141. The number of para-hydroxylation sites is 1. The number of hydrogen-bond donors (Lipinski definition) is 0. The monoisotopic (exact) mass is 216 g/mol. The Morgan fingerprint density at radius 1 is 1.31 bits per heavy atom. The van der Waals surface area contributed by atoms with Crippen molar-refractivity contribution in [1.82, 2.24) is 0 Å². The molecule has 0 spiro atoms. The van der Waals surface area contributed by atoms with E-state index in [2.05, 4.69) is 0 Å². The summed E-state index contributed by atoms with van der Waals surface area (Å²) in [7, 11) is 0. The van der Waals surface area contributed by atoms with Crippen LogP contribution in [0.15, 0.2) is 34.7 Å². The van der Waals surface area contributed by atoms with E-state index in [-0.39, 0.29) is 18.0 Å². The lowest BCUT2D eigenvalue weighted by Crippen LogP contribution is -2.02. The van der Waals surface area contributed by atoms with Crippen LogP contribution in [0, 0.1) is 5.92 Å². The van der Waals surface area contributed by atoms with Crippen LogP contribution in [-0.4, -0.2) is 5.97 Å². The zero-order valence-corrected chi connectivity index (χ0v) is 8.97. The van der Waals surface area contributed by atoms with Crippen LogP contribution in [0.25, 0.3) is 11.0 Å². The van der Waals surface area contributed by atoms with Gasteiger partial charge in [0.15, 0.2) is 6.10 Å². The number of rotatable bonds is 1. The fourth-order valence-electron chi connectivity index (χ4n) is 2.16. The molecule has 2 heterocycles. The second kappa shape index (κ2) is 3.37. The van der Waals surface area contributed by atoms with E-state index in [9.17, 15) is 4.79 Å². The van der Waals surface area contributed by atoms with Gasteiger partial charge in [-0.2, -0.15) is 0 Å². The molecular formula is C13H12O3. The topological polar surface area (TPSA) is 39.4 Å². The average Bonchev–Trinajstić information content (AvgIpc) is 2.81. The number of furan rings is 1. The molecule has 2 aromatic rings. The molecule has 1 aromatic carbocycles.